The van der Waals surface area contributed by atoms with Gasteiger partial charge in [0, 0.05) is 18.7 Å². The van der Waals surface area contributed by atoms with Gasteiger partial charge in [-0.1, -0.05) is 30.3 Å². The summed E-state index contributed by atoms with van der Waals surface area (Å²) < 4.78 is 0. The van der Waals surface area contributed by atoms with Crippen LogP contribution in [0.4, 0.5) is 5.82 Å². The molecule has 0 spiro atoms. The minimum atomic E-state index is 0.583. The zero-order valence-electron chi connectivity index (χ0n) is 11.6. The molecule has 0 bridgehead atoms. The second-order valence-electron chi connectivity index (χ2n) is 5.33. The molecule has 1 aromatic carbocycles. The summed E-state index contributed by atoms with van der Waals surface area (Å²) in [4.78, 5) is 2.29. The molecule has 2 aromatic rings. The fourth-order valence-electron chi connectivity index (χ4n) is 2.72. The van der Waals surface area contributed by atoms with Crippen LogP contribution in [0.1, 0.15) is 12.8 Å². The number of anilines is 1. The van der Waals surface area contributed by atoms with Crippen molar-refractivity contribution in [1.29, 1.82) is 0 Å². The standard InChI is InChI=1S/C16H20N4/c17-11-13-5-4-10-20(12-13)16-9-8-15(18-19-16)14-6-2-1-3-7-14/h1-3,6-9,13H,4-5,10-12,17H2. The van der Waals surface area contributed by atoms with E-state index < -0.39 is 0 Å². The van der Waals surface area contributed by atoms with Gasteiger partial charge < -0.3 is 10.6 Å². The summed E-state index contributed by atoms with van der Waals surface area (Å²) in [6, 6.07) is 14.2. The Morgan fingerprint density at radius 1 is 1.10 bits per heavy atom. The van der Waals surface area contributed by atoms with Crippen LogP contribution in [0, 0.1) is 5.92 Å². The highest BCUT2D eigenvalue weighted by Gasteiger charge is 2.19. The predicted molar refractivity (Wildman–Crippen MR) is 81.5 cm³/mol. The first-order valence-electron chi connectivity index (χ1n) is 7.21. The highest BCUT2D eigenvalue weighted by molar-refractivity contribution is 5.59. The molecule has 3 rings (SSSR count). The SMILES string of the molecule is NCC1CCCN(c2ccc(-c3ccccc3)nn2)C1. The number of rotatable bonds is 3. The van der Waals surface area contributed by atoms with Crippen LogP contribution >= 0.6 is 0 Å². The summed E-state index contributed by atoms with van der Waals surface area (Å²) in [5, 5.41) is 8.73. The molecule has 1 atom stereocenters. The van der Waals surface area contributed by atoms with E-state index >= 15 is 0 Å². The second-order valence-corrected chi connectivity index (χ2v) is 5.33. The number of benzene rings is 1. The predicted octanol–water partition coefficient (Wildman–Crippen LogP) is 2.32. The molecule has 1 saturated heterocycles. The van der Waals surface area contributed by atoms with E-state index in [2.05, 4.69) is 33.3 Å². The van der Waals surface area contributed by atoms with E-state index in [-0.39, 0.29) is 0 Å². The maximum absolute atomic E-state index is 5.78. The molecule has 1 fully saturated rings. The number of hydrogen-bond acceptors (Lipinski definition) is 4. The van der Waals surface area contributed by atoms with Gasteiger partial charge in [0.25, 0.3) is 0 Å². The second kappa shape index (κ2) is 6.01. The smallest absolute Gasteiger partial charge is 0.151 e. The minimum absolute atomic E-state index is 0.583. The maximum atomic E-state index is 5.78. The molecule has 4 heteroatoms. The van der Waals surface area contributed by atoms with Crippen molar-refractivity contribution in [2.24, 2.45) is 11.7 Å². The van der Waals surface area contributed by atoms with Gasteiger partial charge in [0.05, 0.1) is 5.69 Å². The van der Waals surface area contributed by atoms with Crippen molar-refractivity contribution in [3.8, 4) is 11.3 Å². The van der Waals surface area contributed by atoms with Gasteiger partial charge in [0.15, 0.2) is 5.82 Å². The van der Waals surface area contributed by atoms with Gasteiger partial charge in [-0.05, 0) is 37.4 Å². The van der Waals surface area contributed by atoms with E-state index in [9.17, 15) is 0 Å². The van der Waals surface area contributed by atoms with Gasteiger partial charge in [0.1, 0.15) is 0 Å². The molecule has 104 valence electrons. The first-order chi connectivity index (χ1) is 9.86. The van der Waals surface area contributed by atoms with Crippen LogP contribution in [0.2, 0.25) is 0 Å². The zero-order valence-corrected chi connectivity index (χ0v) is 11.6. The lowest BCUT2D eigenvalue weighted by Crippen LogP contribution is -2.38. The molecule has 2 N–H and O–H groups in total. The van der Waals surface area contributed by atoms with Crippen LogP contribution in [0.25, 0.3) is 11.3 Å². The summed E-state index contributed by atoms with van der Waals surface area (Å²) in [5.41, 5.74) is 7.80. The normalized spacial score (nSPS) is 19.1. The van der Waals surface area contributed by atoms with Crippen LogP contribution in [0.5, 0.6) is 0 Å². The molecule has 4 nitrogen and oxygen atoms in total. The van der Waals surface area contributed by atoms with Gasteiger partial charge in [-0.3, -0.25) is 0 Å². The van der Waals surface area contributed by atoms with Crippen LogP contribution in [0.15, 0.2) is 42.5 Å². The maximum Gasteiger partial charge on any atom is 0.151 e. The van der Waals surface area contributed by atoms with Crippen molar-refractivity contribution in [3.05, 3.63) is 42.5 Å². The molecule has 1 unspecified atom stereocenters. The first kappa shape index (κ1) is 13.1. The molecule has 0 aliphatic carbocycles. The summed E-state index contributed by atoms with van der Waals surface area (Å²) in [6.07, 6.45) is 2.41. The van der Waals surface area contributed by atoms with Crippen molar-refractivity contribution in [3.63, 3.8) is 0 Å². The van der Waals surface area contributed by atoms with Crippen molar-refractivity contribution in [1.82, 2.24) is 10.2 Å². The fourth-order valence-corrected chi connectivity index (χ4v) is 2.72. The van der Waals surface area contributed by atoms with E-state index in [1.54, 1.807) is 0 Å². The average molecular weight is 268 g/mol. The van der Waals surface area contributed by atoms with Crippen molar-refractivity contribution >= 4 is 5.82 Å². The van der Waals surface area contributed by atoms with Crippen molar-refractivity contribution < 1.29 is 0 Å². The highest BCUT2D eigenvalue weighted by atomic mass is 15.3. The summed E-state index contributed by atoms with van der Waals surface area (Å²) in [5.74, 6) is 1.54. The lowest BCUT2D eigenvalue weighted by Gasteiger charge is -2.32. The average Bonchev–Trinajstić information content (AvgIpc) is 2.56. The summed E-state index contributed by atoms with van der Waals surface area (Å²) in [6.45, 7) is 2.80. The lowest BCUT2D eigenvalue weighted by atomic mass is 9.98. The summed E-state index contributed by atoms with van der Waals surface area (Å²) in [7, 11) is 0. The van der Waals surface area contributed by atoms with E-state index in [1.165, 1.54) is 12.8 Å². The zero-order chi connectivity index (χ0) is 13.8. The van der Waals surface area contributed by atoms with Gasteiger partial charge in [-0.25, -0.2) is 0 Å². The van der Waals surface area contributed by atoms with Gasteiger partial charge in [0.2, 0.25) is 0 Å². The number of aromatic nitrogens is 2. The lowest BCUT2D eigenvalue weighted by molar-refractivity contribution is 0.421. The molecule has 1 aromatic heterocycles. The molecular formula is C16H20N4. The third-order valence-electron chi connectivity index (χ3n) is 3.90. The molecule has 0 amide bonds. The molecule has 0 saturated carbocycles. The Balaban J connectivity index is 1.76. The molecule has 1 aliphatic heterocycles. The third-order valence-corrected chi connectivity index (χ3v) is 3.90. The van der Waals surface area contributed by atoms with Crippen molar-refractivity contribution in [2.75, 3.05) is 24.5 Å². The van der Waals surface area contributed by atoms with Crippen LogP contribution in [0.3, 0.4) is 0 Å². The molecular weight excluding hydrogens is 248 g/mol. The monoisotopic (exact) mass is 268 g/mol. The van der Waals surface area contributed by atoms with E-state index in [0.29, 0.717) is 5.92 Å². The topological polar surface area (TPSA) is 55.0 Å². The number of hydrogen-bond donors (Lipinski definition) is 1. The van der Waals surface area contributed by atoms with Crippen LogP contribution < -0.4 is 10.6 Å². The van der Waals surface area contributed by atoms with Crippen molar-refractivity contribution in [2.45, 2.75) is 12.8 Å². The highest BCUT2D eigenvalue weighted by Crippen LogP contribution is 2.22. The number of nitrogens with two attached hydrogens (primary N) is 1. The number of piperidine rings is 1. The van der Waals surface area contributed by atoms with Crippen LogP contribution in [-0.2, 0) is 0 Å². The fraction of sp³-hybridized carbons (Fsp3) is 0.375. The van der Waals surface area contributed by atoms with E-state index in [4.69, 9.17) is 5.73 Å². The Hall–Kier alpha value is -1.94. The Morgan fingerprint density at radius 2 is 1.95 bits per heavy atom. The Morgan fingerprint density at radius 3 is 2.65 bits per heavy atom. The quantitative estimate of drug-likeness (QED) is 0.928. The van der Waals surface area contributed by atoms with Gasteiger partial charge in [-0.2, -0.15) is 0 Å². The van der Waals surface area contributed by atoms with Gasteiger partial charge in [-0.15, -0.1) is 10.2 Å². The largest absolute Gasteiger partial charge is 0.355 e. The Kier molecular flexibility index (Phi) is 3.92. The minimum Gasteiger partial charge on any atom is -0.355 e. The van der Waals surface area contributed by atoms with Gasteiger partial charge >= 0.3 is 0 Å². The number of nitrogens with zero attached hydrogens (tertiary/aromatic N) is 3. The Labute approximate surface area is 119 Å². The van der Waals surface area contributed by atoms with E-state index in [1.807, 2.05) is 24.3 Å². The van der Waals surface area contributed by atoms with Crippen LogP contribution in [-0.4, -0.2) is 29.8 Å². The van der Waals surface area contributed by atoms with E-state index in [0.717, 1.165) is 36.7 Å². The molecule has 2 heterocycles. The third kappa shape index (κ3) is 2.80. The first-order valence-corrected chi connectivity index (χ1v) is 7.21. The Bertz CT molecular complexity index is 538. The molecule has 1 aliphatic rings. The summed E-state index contributed by atoms with van der Waals surface area (Å²) >= 11 is 0. The molecule has 0 radical (unpaired) electrons. The molecule has 20 heavy (non-hydrogen) atoms.